The third kappa shape index (κ3) is 4.21. The molecule has 7 heteroatoms. The summed E-state index contributed by atoms with van der Waals surface area (Å²) >= 11 is 0. The van der Waals surface area contributed by atoms with Crippen LogP contribution in [0.2, 0.25) is 0 Å². The van der Waals surface area contributed by atoms with Crippen LogP contribution in [0.4, 0.5) is 4.79 Å². The number of hydrogen-bond donors (Lipinski definition) is 0. The number of rotatable bonds is 5. The van der Waals surface area contributed by atoms with Crippen LogP contribution in [0.25, 0.3) is 0 Å². The lowest BCUT2D eigenvalue weighted by molar-refractivity contribution is 0.112. The highest BCUT2D eigenvalue weighted by atomic mass is 16.6. The van der Waals surface area contributed by atoms with Gasteiger partial charge in [-0.05, 0) is 33.3 Å². The van der Waals surface area contributed by atoms with Gasteiger partial charge in [0.2, 0.25) is 0 Å². The van der Waals surface area contributed by atoms with Gasteiger partial charge in [-0.15, -0.1) is 9.78 Å². The highest BCUT2D eigenvalue weighted by Crippen LogP contribution is 2.10. The summed E-state index contributed by atoms with van der Waals surface area (Å²) in [6.07, 6.45) is -1.34. The molecule has 0 radical (unpaired) electrons. The second-order valence-corrected chi connectivity index (χ2v) is 5.65. The van der Waals surface area contributed by atoms with Crippen molar-refractivity contribution in [1.82, 2.24) is 14.3 Å². The van der Waals surface area contributed by atoms with Crippen LogP contribution in [0, 0.1) is 0 Å². The summed E-state index contributed by atoms with van der Waals surface area (Å²) < 4.78 is 12.6. The third-order valence-electron chi connectivity index (χ3n) is 2.86. The number of carbonyl (C=O) groups is 1. The van der Waals surface area contributed by atoms with Crippen LogP contribution >= 0.6 is 0 Å². The van der Waals surface area contributed by atoms with Crippen molar-refractivity contribution in [1.29, 1.82) is 0 Å². The van der Waals surface area contributed by atoms with Gasteiger partial charge in [0, 0.05) is 0 Å². The Labute approximate surface area is 134 Å². The van der Waals surface area contributed by atoms with Gasteiger partial charge < -0.3 is 9.47 Å². The average Bonchev–Trinajstić information content (AvgIpc) is 2.76. The molecule has 2 aromatic rings. The maximum atomic E-state index is 12.5. The van der Waals surface area contributed by atoms with E-state index >= 15 is 0 Å². The van der Waals surface area contributed by atoms with E-state index in [1.807, 2.05) is 44.2 Å². The number of carbonyl (C=O) groups excluding carboxylic acids is 1. The van der Waals surface area contributed by atoms with E-state index in [2.05, 4.69) is 5.10 Å². The molecule has 0 spiro atoms. The summed E-state index contributed by atoms with van der Waals surface area (Å²) in [5.41, 5.74) is 0.315. The Balaban J connectivity index is 2.40. The quantitative estimate of drug-likeness (QED) is 0.845. The molecular formula is C16H21N3O4. The summed E-state index contributed by atoms with van der Waals surface area (Å²) in [6, 6.07) is 9.50. The first-order chi connectivity index (χ1) is 10.9. The first-order valence-corrected chi connectivity index (χ1v) is 7.50. The van der Waals surface area contributed by atoms with Crippen LogP contribution in [-0.2, 0) is 11.3 Å². The van der Waals surface area contributed by atoms with Gasteiger partial charge in [0.25, 0.3) is 0 Å². The summed E-state index contributed by atoms with van der Waals surface area (Å²) in [7, 11) is 0. The highest BCUT2D eigenvalue weighted by Gasteiger charge is 2.22. The Morgan fingerprint density at radius 1 is 1.13 bits per heavy atom. The molecule has 0 amide bonds. The van der Waals surface area contributed by atoms with Gasteiger partial charge >= 0.3 is 17.8 Å². The Bertz CT molecular complexity index is 717. The molecule has 0 bridgehead atoms. The predicted molar refractivity (Wildman–Crippen MR) is 84.8 cm³/mol. The Morgan fingerprint density at radius 2 is 1.78 bits per heavy atom. The molecule has 0 saturated carbocycles. The Hall–Kier alpha value is -2.57. The summed E-state index contributed by atoms with van der Waals surface area (Å²) in [4.78, 5) is 24.5. The minimum Gasteiger partial charge on any atom is -0.461 e. The number of benzene rings is 1. The van der Waals surface area contributed by atoms with Gasteiger partial charge in [-0.2, -0.15) is 0 Å². The SMILES string of the molecule is CC(C)OC(=O)n1nc(OC(C)C)n(Cc2ccccc2)c1=O. The lowest BCUT2D eigenvalue weighted by Crippen LogP contribution is -2.32. The fourth-order valence-corrected chi connectivity index (χ4v) is 1.95. The van der Waals surface area contributed by atoms with Gasteiger partial charge in [0.05, 0.1) is 18.8 Å². The second-order valence-electron chi connectivity index (χ2n) is 5.65. The molecule has 124 valence electrons. The van der Waals surface area contributed by atoms with Gasteiger partial charge in [0.1, 0.15) is 0 Å². The molecule has 0 atom stereocenters. The third-order valence-corrected chi connectivity index (χ3v) is 2.86. The van der Waals surface area contributed by atoms with E-state index in [0.29, 0.717) is 4.68 Å². The topological polar surface area (TPSA) is 75.4 Å². The molecular weight excluding hydrogens is 298 g/mol. The maximum absolute atomic E-state index is 12.5. The van der Waals surface area contributed by atoms with E-state index in [-0.39, 0.29) is 24.8 Å². The normalized spacial score (nSPS) is 11.0. The molecule has 0 aliphatic rings. The molecule has 2 rings (SSSR count). The van der Waals surface area contributed by atoms with E-state index < -0.39 is 11.8 Å². The van der Waals surface area contributed by atoms with E-state index in [4.69, 9.17) is 9.47 Å². The van der Waals surface area contributed by atoms with Crippen LogP contribution in [-0.4, -0.2) is 32.6 Å². The Kier molecular flexibility index (Phi) is 5.20. The minimum absolute atomic E-state index is 0.0922. The van der Waals surface area contributed by atoms with Crippen molar-refractivity contribution in [3.05, 3.63) is 46.4 Å². The van der Waals surface area contributed by atoms with E-state index in [1.54, 1.807) is 13.8 Å². The fraction of sp³-hybridized carbons (Fsp3) is 0.438. The molecule has 7 nitrogen and oxygen atoms in total. The number of nitrogens with zero attached hydrogens (tertiary/aromatic N) is 3. The zero-order chi connectivity index (χ0) is 17.0. The largest absolute Gasteiger partial charge is 0.461 e. The summed E-state index contributed by atoms with van der Waals surface area (Å²) in [6.45, 7) is 7.31. The van der Waals surface area contributed by atoms with Crippen LogP contribution in [0.5, 0.6) is 6.01 Å². The Morgan fingerprint density at radius 3 is 2.35 bits per heavy atom. The molecule has 0 fully saturated rings. The molecule has 1 heterocycles. The minimum atomic E-state index is -0.814. The summed E-state index contributed by atoms with van der Waals surface area (Å²) in [5, 5.41) is 3.97. The van der Waals surface area contributed by atoms with E-state index in [1.165, 1.54) is 4.57 Å². The van der Waals surface area contributed by atoms with Crippen LogP contribution < -0.4 is 10.4 Å². The van der Waals surface area contributed by atoms with Crippen LogP contribution in [0.3, 0.4) is 0 Å². The second kappa shape index (κ2) is 7.13. The zero-order valence-electron chi connectivity index (χ0n) is 13.7. The zero-order valence-corrected chi connectivity index (χ0v) is 13.7. The molecule has 0 unspecified atom stereocenters. The number of hydrogen-bond acceptors (Lipinski definition) is 5. The first kappa shape index (κ1) is 16.8. The lowest BCUT2D eigenvalue weighted by atomic mass is 10.2. The predicted octanol–water partition coefficient (Wildman–Crippen LogP) is 2.27. The number of aromatic nitrogens is 3. The van der Waals surface area contributed by atoms with Crippen molar-refractivity contribution < 1.29 is 14.3 Å². The summed E-state index contributed by atoms with van der Waals surface area (Å²) in [5.74, 6) is 0. The molecule has 0 aliphatic carbocycles. The first-order valence-electron chi connectivity index (χ1n) is 7.50. The molecule has 0 aliphatic heterocycles. The van der Waals surface area contributed by atoms with E-state index in [9.17, 15) is 9.59 Å². The van der Waals surface area contributed by atoms with Gasteiger partial charge in [-0.25, -0.2) is 14.2 Å². The molecule has 23 heavy (non-hydrogen) atoms. The van der Waals surface area contributed by atoms with Crippen molar-refractivity contribution in [3.63, 3.8) is 0 Å². The molecule has 0 saturated heterocycles. The van der Waals surface area contributed by atoms with Crippen molar-refractivity contribution >= 4 is 6.09 Å². The van der Waals surface area contributed by atoms with Crippen LogP contribution in [0.1, 0.15) is 33.3 Å². The molecule has 0 N–H and O–H groups in total. The molecule has 1 aromatic heterocycles. The van der Waals surface area contributed by atoms with Crippen molar-refractivity contribution in [2.24, 2.45) is 0 Å². The van der Waals surface area contributed by atoms with Gasteiger partial charge in [0.15, 0.2) is 0 Å². The lowest BCUT2D eigenvalue weighted by Gasteiger charge is -2.09. The highest BCUT2D eigenvalue weighted by molar-refractivity contribution is 5.69. The average molecular weight is 319 g/mol. The van der Waals surface area contributed by atoms with Gasteiger partial charge in [-0.3, -0.25) is 0 Å². The standard InChI is InChI=1S/C16H21N3O4/c1-11(2)22-14-17-19(16(21)23-12(3)4)15(20)18(14)10-13-8-6-5-7-9-13/h5-9,11-12H,10H2,1-4H3. The van der Waals surface area contributed by atoms with Crippen molar-refractivity contribution in [2.75, 3.05) is 0 Å². The van der Waals surface area contributed by atoms with Gasteiger partial charge in [-0.1, -0.05) is 30.3 Å². The monoisotopic (exact) mass is 319 g/mol. The number of ether oxygens (including phenoxy) is 2. The smallest absolute Gasteiger partial charge is 0.439 e. The fourth-order valence-electron chi connectivity index (χ4n) is 1.95. The van der Waals surface area contributed by atoms with Crippen molar-refractivity contribution in [3.8, 4) is 6.01 Å². The van der Waals surface area contributed by atoms with Crippen LogP contribution in [0.15, 0.2) is 35.1 Å². The maximum Gasteiger partial charge on any atom is 0.439 e. The molecule has 1 aromatic carbocycles. The van der Waals surface area contributed by atoms with Crippen molar-refractivity contribution in [2.45, 2.75) is 46.4 Å². The van der Waals surface area contributed by atoms with E-state index in [0.717, 1.165) is 5.56 Å².